The Morgan fingerprint density at radius 1 is 0.798 bits per heavy atom. The molecule has 6 amide bonds. The predicted octanol–water partition coefficient (Wildman–Crippen LogP) is 0.163. The number of aliphatic hydroxyl groups is 4. The van der Waals surface area contributed by atoms with E-state index in [0.29, 0.717) is 48.6 Å². The number of carbonyl (C=O) groups excluding carboxylic acids is 6. The fourth-order valence-corrected chi connectivity index (χ4v) is 10.0. The number of ether oxygens (including phenoxy) is 6. The highest BCUT2D eigenvalue weighted by atomic mass is 16.7. The van der Waals surface area contributed by atoms with Crippen LogP contribution in [0.2, 0.25) is 0 Å². The fourth-order valence-electron chi connectivity index (χ4n) is 10.0. The molecule has 2 aromatic carbocycles. The summed E-state index contributed by atoms with van der Waals surface area (Å²) >= 11 is 0. The van der Waals surface area contributed by atoms with E-state index in [0.717, 1.165) is 17.9 Å². The van der Waals surface area contributed by atoms with Crippen molar-refractivity contribution in [2.24, 2.45) is 20.0 Å². The maximum absolute atomic E-state index is 14.4. The number of amides is 6. The number of aliphatic carboxylic acids is 1. The Kier molecular flexibility index (Phi) is 22.1. The van der Waals surface area contributed by atoms with Crippen LogP contribution in [0.4, 0.5) is 21.9 Å². The number of carbonyl (C=O) groups is 7. The molecule has 32 heteroatoms. The normalized spacial score (nSPS) is 19.7. The molecule has 1 unspecified atom stereocenters. The number of hydrogen-bond acceptors (Lipinski definition) is 22. The summed E-state index contributed by atoms with van der Waals surface area (Å²) in [7, 11) is 8.62. The van der Waals surface area contributed by atoms with Crippen molar-refractivity contribution in [2.45, 2.75) is 81.8 Å². The van der Waals surface area contributed by atoms with Crippen LogP contribution in [0.1, 0.15) is 83.4 Å². The molecule has 7 atom stereocenters. The number of methoxy groups -OCH3 is 1. The highest BCUT2D eigenvalue weighted by Gasteiger charge is 2.49. The summed E-state index contributed by atoms with van der Waals surface area (Å²) < 4.78 is 38.7. The molecule has 8 rings (SSSR count). The molecule has 0 radical (unpaired) electrons. The molecule has 2 saturated heterocycles. The number of nitrogens with two attached hydrogens (primary N) is 1. The first-order valence-electron chi connectivity index (χ1n) is 28.2. The Morgan fingerprint density at radius 3 is 2.20 bits per heavy atom. The van der Waals surface area contributed by atoms with Gasteiger partial charge in [0.15, 0.2) is 29.5 Å². The molecule has 3 aliphatic rings. The van der Waals surface area contributed by atoms with Crippen LogP contribution >= 0.6 is 0 Å². The lowest BCUT2D eigenvalue weighted by atomic mass is 9.99. The van der Waals surface area contributed by atoms with E-state index in [9.17, 15) is 59.1 Å². The van der Waals surface area contributed by atoms with E-state index < -0.39 is 85.3 Å². The number of fused-ring (bicyclic) bond motifs is 2. The second-order valence-corrected chi connectivity index (χ2v) is 21.4. The topological polar surface area (TPSA) is 410 Å². The van der Waals surface area contributed by atoms with Gasteiger partial charge in [-0.3, -0.25) is 28.7 Å². The van der Waals surface area contributed by atoms with Gasteiger partial charge in [-0.25, -0.2) is 20.4 Å². The van der Waals surface area contributed by atoms with Crippen LogP contribution in [0.3, 0.4) is 0 Å². The second-order valence-electron chi connectivity index (χ2n) is 21.4. The summed E-state index contributed by atoms with van der Waals surface area (Å²) in [5.41, 5.74) is 1.78. The van der Waals surface area contributed by atoms with Crippen LogP contribution in [-0.2, 0) is 51.1 Å². The molecule has 6 heterocycles. The molecule has 32 nitrogen and oxygen atoms in total. The monoisotopic (exact) mass is 1240 g/mol. The van der Waals surface area contributed by atoms with Crippen LogP contribution in [0.5, 0.6) is 17.2 Å². The zero-order chi connectivity index (χ0) is 64.2. The highest BCUT2D eigenvalue weighted by molar-refractivity contribution is 6.08. The molecule has 0 saturated carbocycles. The van der Waals surface area contributed by atoms with Crippen molar-refractivity contribution in [3.63, 3.8) is 0 Å². The molecule has 11 N–H and O–H groups in total. The van der Waals surface area contributed by atoms with Crippen molar-refractivity contribution < 1.29 is 92.4 Å². The van der Waals surface area contributed by atoms with Gasteiger partial charge in [0.2, 0.25) is 6.29 Å². The Labute approximate surface area is 509 Å². The molecule has 0 aliphatic carbocycles. The number of carboxylic acid groups (broad SMARTS) is 1. The minimum atomic E-state index is -2.02. The van der Waals surface area contributed by atoms with Gasteiger partial charge in [-0.2, -0.15) is 0 Å². The largest absolute Gasteiger partial charge is 0.493 e. The number of benzene rings is 2. The van der Waals surface area contributed by atoms with Crippen molar-refractivity contribution in [1.82, 2.24) is 44.6 Å². The fraction of sp³-hybridized carbons (Fsp3) is 0.456. The summed E-state index contributed by atoms with van der Waals surface area (Å²) in [6.45, 7) is 5.43. The smallest absolute Gasteiger partial charge is 0.416 e. The van der Waals surface area contributed by atoms with Crippen molar-refractivity contribution in [2.75, 3.05) is 89.3 Å². The average Bonchev–Trinajstić information content (AvgIpc) is 1.74. The van der Waals surface area contributed by atoms with E-state index in [1.807, 2.05) is 19.0 Å². The van der Waals surface area contributed by atoms with E-state index in [1.165, 1.54) is 59.3 Å². The first-order chi connectivity index (χ1) is 42.6. The first kappa shape index (κ1) is 66.0. The summed E-state index contributed by atoms with van der Waals surface area (Å²) in [6, 6.07) is 8.76. The third-order valence-corrected chi connectivity index (χ3v) is 14.6. The van der Waals surface area contributed by atoms with Gasteiger partial charge in [0.05, 0.1) is 74.0 Å². The maximum Gasteiger partial charge on any atom is 0.416 e. The minimum Gasteiger partial charge on any atom is -0.493 e. The first-order valence-corrected chi connectivity index (χ1v) is 28.2. The lowest BCUT2D eigenvalue weighted by molar-refractivity contribution is -0.271. The van der Waals surface area contributed by atoms with Crippen molar-refractivity contribution in [3.05, 3.63) is 107 Å². The van der Waals surface area contributed by atoms with E-state index in [-0.39, 0.29) is 103 Å². The number of nitrogens with zero attached hydrogens (tertiary/aromatic N) is 8. The zero-order valence-electron chi connectivity index (χ0n) is 49.5. The van der Waals surface area contributed by atoms with Crippen LogP contribution in [0.15, 0.2) is 73.2 Å². The van der Waals surface area contributed by atoms with Gasteiger partial charge in [-0.05, 0) is 82.2 Å². The highest BCUT2D eigenvalue weighted by Crippen LogP contribution is 2.42. The Morgan fingerprint density at radius 2 is 1.51 bits per heavy atom. The standard InChI is InChI=1S/C57H73N13O19/c1-31-20-41-54(79)70(57(82)86-30-32-10-11-42(36(21-32)49(74)60-13-17-84-18-19-87-58)88-56-47(73)45(71)46(72)48(89-56)55(80)81)38-25-44(43(83-6)24-35(38)53(78)69(41)26-31)85-16-8-7-15-68-29-37(63-64-68)50(75)61-33-23-40(67(5)27-33)52(77)62-34-22-39(66(4)28-34)51(76)59-12-9-14-65(2)3/h10-11,21-25,27-29,41,45-48,54,56,71-73,79H,1,7-9,12-20,26,30,58H2,2-6H3,(H,59,76)(H,60,74)(H,61,75)(H,62,77)(H,80,81)/t41-,45-,46-,47+,48-,54?,56+/m0/s1. The number of nitrogens with one attached hydrogen (secondary N) is 4. The number of hydrogen-bond donors (Lipinski definition) is 10. The van der Waals surface area contributed by atoms with Crippen molar-refractivity contribution >= 4 is 58.7 Å². The predicted molar refractivity (Wildman–Crippen MR) is 312 cm³/mol. The number of aromatic nitrogens is 5. The van der Waals surface area contributed by atoms with Crippen molar-refractivity contribution in [1.29, 1.82) is 0 Å². The number of aryl methyl sites for hydroxylation is 3. The lowest BCUT2D eigenvalue weighted by Crippen LogP contribution is -2.61. The Bertz CT molecular complexity index is 3400. The number of unbranched alkanes of at least 4 members (excludes halogenated alkanes) is 1. The Hall–Kier alpha value is -8.99. The summed E-state index contributed by atoms with van der Waals surface area (Å²) in [6.07, 6.45) is -6.25. The molecule has 480 valence electrons. The van der Waals surface area contributed by atoms with Crippen molar-refractivity contribution in [3.8, 4) is 17.2 Å². The summed E-state index contributed by atoms with van der Waals surface area (Å²) in [5.74, 6) is 0.680. The minimum absolute atomic E-state index is 0.00559. The second kappa shape index (κ2) is 29.8. The van der Waals surface area contributed by atoms with Gasteiger partial charge in [-0.15, -0.1) is 5.10 Å². The third kappa shape index (κ3) is 16.0. The van der Waals surface area contributed by atoms with Gasteiger partial charge in [0.1, 0.15) is 42.1 Å². The van der Waals surface area contributed by atoms with Gasteiger partial charge < -0.3 is 99.0 Å². The molecule has 0 spiro atoms. The number of aliphatic hydroxyl groups excluding tert-OH is 4. The average molecular weight is 1240 g/mol. The molecule has 5 aromatic rings. The van der Waals surface area contributed by atoms with Gasteiger partial charge in [-0.1, -0.05) is 23.4 Å². The van der Waals surface area contributed by atoms with Crippen LogP contribution in [-0.4, -0.2) is 218 Å². The van der Waals surface area contributed by atoms with E-state index in [4.69, 9.17) is 34.3 Å². The molecule has 89 heavy (non-hydrogen) atoms. The summed E-state index contributed by atoms with van der Waals surface area (Å²) in [4.78, 5) is 102. The van der Waals surface area contributed by atoms with Gasteiger partial charge in [0, 0.05) is 58.7 Å². The molecular weight excluding hydrogens is 1170 g/mol. The van der Waals surface area contributed by atoms with E-state index in [2.05, 4.69) is 43.0 Å². The SMILES string of the molecule is C=C1C[C@H]2C(O)N(C(=O)OCc3ccc(O[C@@H]4O[C@H](C(=O)O)[C@@H](O)[C@H](O)[C@H]4O)c(C(=O)NCCOCCON)c3)c3cc(OCCCCn4cc(C(=O)Nc5cc(C(=O)Nc6cc(C(=O)NCCCN(C)C)n(C)c6)n(C)c5)nn4)c(OC)cc3C(=O)N2C1. The third-order valence-electron chi connectivity index (χ3n) is 14.6. The Balaban J connectivity index is 0.899. The van der Waals surface area contributed by atoms with Crippen LogP contribution in [0, 0.1) is 0 Å². The lowest BCUT2D eigenvalue weighted by Gasteiger charge is -2.38. The molecule has 3 aromatic heterocycles. The zero-order valence-corrected chi connectivity index (χ0v) is 49.5. The van der Waals surface area contributed by atoms with Crippen LogP contribution < -0.4 is 46.3 Å². The molecule has 2 fully saturated rings. The van der Waals surface area contributed by atoms with E-state index >= 15 is 0 Å². The quantitative estimate of drug-likeness (QED) is 0.0181. The number of rotatable bonds is 28. The summed E-state index contributed by atoms with van der Waals surface area (Å²) in [5, 5.41) is 72.1. The van der Waals surface area contributed by atoms with Gasteiger partial charge in [0.25, 0.3) is 29.5 Å². The molecular formula is C57H73N13O19. The number of anilines is 3. The van der Waals surface area contributed by atoms with E-state index in [1.54, 1.807) is 41.7 Å². The van der Waals surface area contributed by atoms with Gasteiger partial charge >= 0.3 is 12.1 Å². The molecule has 3 aliphatic heterocycles. The number of carboxylic acids is 1. The molecule has 0 bridgehead atoms. The van der Waals surface area contributed by atoms with Crippen LogP contribution in [0.25, 0.3) is 0 Å². The maximum atomic E-state index is 14.4.